The van der Waals surface area contributed by atoms with Gasteiger partial charge < -0.3 is 10.0 Å². The van der Waals surface area contributed by atoms with E-state index in [0.29, 0.717) is 40.4 Å². The highest BCUT2D eigenvalue weighted by Gasteiger charge is 2.44. The number of pyridine rings is 1. The first-order valence-corrected chi connectivity index (χ1v) is 13.5. The van der Waals surface area contributed by atoms with Crippen molar-refractivity contribution in [2.75, 3.05) is 21.2 Å². The lowest BCUT2D eigenvalue weighted by atomic mass is 10.0. The Hall–Kier alpha value is -3.72. The van der Waals surface area contributed by atoms with Gasteiger partial charge in [0.1, 0.15) is 11.6 Å². The zero-order valence-electron chi connectivity index (χ0n) is 21.4. The average molecular weight is 520 g/mol. The molecule has 0 spiro atoms. The highest BCUT2D eigenvalue weighted by Crippen LogP contribution is 2.48. The molecule has 0 radical (unpaired) electrons. The van der Waals surface area contributed by atoms with Gasteiger partial charge >= 0.3 is 6.03 Å². The molecule has 0 bridgehead atoms. The minimum atomic E-state index is -0.411. The summed E-state index contributed by atoms with van der Waals surface area (Å²) in [5, 5.41) is 3.16. The number of fused-ring (bicyclic) bond motifs is 1. The summed E-state index contributed by atoms with van der Waals surface area (Å²) in [6.07, 6.45) is 4.41. The molecule has 2 N–H and O–H groups in total. The molecule has 7 nitrogen and oxygen atoms in total. The van der Waals surface area contributed by atoms with Crippen LogP contribution in [0.25, 0.3) is 5.70 Å². The molecule has 2 amide bonds. The van der Waals surface area contributed by atoms with E-state index in [9.17, 15) is 9.59 Å². The lowest BCUT2D eigenvalue weighted by molar-refractivity contribution is 0.224. The van der Waals surface area contributed by atoms with Crippen molar-refractivity contribution in [1.29, 1.82) is 0 Å². The number of nitrogens with one attached hydrogen (secondary N) is 2. The number of aromatic nitrogens is 1. The van der Waals surface area contributed by atoms with Crippen LogP contribution in [0.1, 0.15) is 36.5 Å². The lowest BCUT2D eigenvalue weighted by Gasteiger charge is -2.40. The van der Waals surface area contributed by atoms with E-state index in [2.05, 4.69) is 16.6 Å². The number of rotatable bonds is 7. The van der Waals surface area contributed by atoms with E-state index < -0.39 is 5.82 Å². The van der Waals surface area contributed by atoms with Gasteiger partial charge in [-0.2, -0.15) is 0 Å². The highest BCUT2D eigenvalue weighted by molar-refractivity contribution is 7.99. The van der Waals surface area contributed by atoms with Crippen LogP contribution in [0.2, 0.25) is 0 Å². The number of nitrogens with zero attached hydrogens (tertiary/aromatic N) is 3. The SMILES string of the molecule is C=C1c2c(c(C)c(=O)n(C)c2Nc2ccc(CC)cc2F)N(c2ccc(NSC)cc2)C(=O)N1C1CC1. The zero-order valence-corrected chi connectivity index (χ0v) is 22.2. The standard InChI is InChI=1S/C28H30FN5O2S/c1-6-18-7-14-23(22(29)15-18)30-26-24-17(3)33(20-12-13-20)28(36)34(25(24)16(2)27(35)32(26)4)21-10-8-19(9-11-21)31-37-5/h7-11,14-15,20,30-31H,3,6,12-13H2,1-2,4-5H3. The summed E-state index contributed by atoms with van der Waals surface area (Å²) in [7, 11) is 1.65. The normalized spacial score (nSPS) is 15.2. The smallest absolute Gasteiger partial charge is 0.333 e. The minimum absolute atomic E-state index is 0.0408. The van der Waals surface area contributed by atoms with Crippen LogP contribution in [0.4, 0.5) is 37.8 Å². The van der Waals surface area contributed by atoms with Crippen molar-refractivity contribution in [3.63, 3.8) is 0 Å². The summed E-state index contributed by atoms with van der Waals surface area (Å²) in [5.74, 6) is -0.0195. The van der Waals surface area contributed by atoms with Gasteiger partial charge in [-0.1, -0.05) is 31.5 Å². The van der Waals surface area contributed by atoms with Gasteiger partial charge in [0, 0.05) is 30.6 Å². The van der Waals surface area contributed by atoms with E-state index in [1.165, 1.54) is 22.6 Å². The van der Waals surface area contributed by atoms with Crippen molar-refractivity contribution in [2.24, 2.45) is 7.05 Å². The zero-order chi connectivity index (χ0) is 26.4. The largest absolute Gasteiger partial charge is 0.339 e. The number of carbonyl (C=O) groups is 1. The van der Waals surface area contributed by atoms with E-state index in [-0.39, 0.29) is 23.3 Å². The Morgan fingerprint density at radius 3 is 2.43 bits per heavy atom. The fourth-order valence-electron chi connectivity index (χ4n) is 4.81. The lowest BCUT2D eigenvalue weighted by Crippen LogP contribution is -2.46. The number of aryl methyl sites for hydroxylation is 1. The Morgan fingerprint density at radius 1 is 1.14 bits per heavy atom. The molecule has 0 atom stereocenters. The van der Waals surface area contributed by atoms with Gasteiger partial charge in [0.05, 0.1) is 28.3 Å². The second kappa shape index (κ2) is 9.63. The van der Waals surface area contributed by atoms with Crippen molar-refractivity contribution in [3.05, 3.63) is 81.9 Å². The van der Waals surface area contributed by atoms with Crippen LogP contribution in [0, 0.1) is 12.7 Å². The monoisotopic (exact) mass is 519 g/mol. The van der Waals surface area contributed by atoms with Crippen LogP contribution < -0.4 is 20.5 Å². The van der Waals surface area contributed by atoms with Gasteiger partial charge in [0.25, 0.3) is 5.56 Å². The molecule has 37 heavy (non-hydrogen) atoms. The molecule has 2 aliphatic rings. The molecule has 1 aliphatic carbocycles. The Balaban J connectivity index is 1.72. The molecule has 3 aromatic rings. The Kier molecular flexibility index (Phi) is 6.49. The maximum Gasteiger partial charge on any atom is 0.333 e. The molecule has 1 aromatic heterocycles. The number of amides is 2. The first kappa shape index (κ1) is 25.0. The predicted octanol–water partition coefficient (Wildman–Crippen LogP) is 6.54. The van der Waals surface area contributed by atoms with Crippen molar-refractivity contribution >= 4 is 52.2 Å². The van der Waals surface area contributed by atoms with Crippen molar-refractivity contribution in [2.45, 2.75) is 39.2 Å². The summed E-state index contributed by atoms with van der Waals surface area (Å²) < 4.78 is 19.7. The number of hydrogen-bond acceptors (Lipinski definition) is 5. The first-order chi connectivity index (χ1) is 17.8. The number of anilines is 5. The van der Waals surface area contributed by atoms with Crippen LogP contribution in [0.3, 0.4) is 0 Å². The fraction of sp³-hybridized carbons (Fsp3) is 0.286. The van der Waals surface area contributed by atoms with Gasteiger partial charge in [-0.15, -0.1) is 0 Å². The Bertz CT molecular complexity index is 1460. The van der Waals surface area contributed by atoms with Crippen LogP contribution >= 0.6 is 11.9 Å². The summed E-state index contributed by atoms with van der Waals surface area (Å²) >= 11 is 1.48. The van der Waals surface area contributed by atoms with Crippen molar-refractivity contribution < 1.29 is 9.18 Å². The second-order valence-electron chi connectivity index (χ2n) is 9.37. The molecule has 1 aliphatic heterocycles. The van der Waals surface area contributed by atoms with E-state index in [1.807, 2.05) is 43.5 Å². The molecule has 192 valence electrons. The van der Waals surface area contributed by atoms with Gasteiger partial charge in [-0.25, -0.2) is 9.18 Å². The molecule has 0 saturated heterocycles. The van der Waals surface area contributed by atoms with Crippen molar-refractivity contribution in [3.8, 4) is 0 Å². The summed E-state index contributed by atoms with van der Waals surface area (Å²) in [5.41, 5.74) is 4.38. The molecule has 1 saturated carbocycles. The summed E-state index contributed by atoms with van der Waals surface area (Å²) in [6.45, 7) is 7.98. The molecule has 5 rings (SSSR count). The Labute approximate surface area is 220 Å². The predicted molar refractivity (Wildman–Crippen MR) is 150 cm³/mol. The molecule has 2 aromatic carbocycles. The molecule has 2 heterocycles. The number of urea groups is 1. The van der Waals surface area contributed by atoms with Crippen LogP contribution in [0.5, 0.6) is 0 Å². The maximum atomic E-state index is 15.0. The fourth-order valence-corrected chi connectivity index (χ4v) is 5.18. The van der Waals surface area contributed by atoms with Gasteiger partial charge in [-0.05, 0) is 68.1 Å². The number of benzene rings is 2. The van der Waals surface area contributed by atoms with E-state index >= 15 is 4.39 Å². The van der Waals surface area contributed by atoms with Crippen LogP contribution in [-0.4, -0.2) is 27.8 Å². The quantitative estimate of drug-likeness (QED) is 0.347. The molecule has 9 heteroatoms. The van der Waals surface area contributed by atoms with Crippen molar-refractivity contribution in [1.82, 2.24) is 9.47 Å². The number of hydrogen-bond donors (Lipinski definition) is 2. The van der Waals surface area contributed by atoms with Gasteiger partial charge in [0.2, 0.25) is 0 Å². The summed E-state index contributed by atoms with van der Waals surface area (Å²) in [6, 6.07) is 12.3. The van der Waals surface area contributed by atoms with Crippen LogP contribution in [-0.2, 0) is 13.5 Å². The first-order valence-electron chi connectivity index (χ1n) is 12.3. The summed E-state index contributed by atoms with van der Waals surface area (Å²) in [4.78, 5) is 30.6. The van der Waals surface area contributed by atoms with E-state index in [1.54, 1.807) is 29.8 Å². The topological polar surface area (TPSA) is 69.6 Å². The highest BCUT2D eigenvalue weighted by atomic mass is 32.2. The second-order valence-corrected chi connectivity index (χ2v) is 9.99. The third-order valence-electron chi connectivity index (χ3n) is 6.94. The molecular formula is C28H30FN5O2S. The maximum absolute atomic E-state index is 15.0. The molecule has 1 fully saturated rings. The van der Waals surface area contributed by atoms with Gasteiger partial charge in [-0.3, -0.25) is 19.2 Å². The minimum Gasteiger partial charge on any atom is -0.339 e. The third-order valence-corrected chi connectivity index (χ3v) is 7.38. The van der Waals surface area contributed by atoms with E-state index in [4.69, 9.17) is 0 Å². The third kappa shape index (κ3) is 4.27. The average Bonchev–Trinajstić information content (AvgIpc) is 3.72. The molecular weight excluding hydrogens is 489 g/mol. The number of halogens is 1. The number of carbonyl (C=O) groups excluding carboxylic acids is 1. The van der Waals surface area contributed by atoms with Gasteiger partial charge in [0.15, 0.2) is 0 Å². The van der Waals surface area contributed by atoms with E-state index in [0.717, 1.165) is 24.1 Å². The molecule has 0 unspecified atom stereocenters. The van der Waals surface area contributed by atoms with Crippen LogP contribution in [0.15, 0.2) is 53.8 Å². The Morgan fingerprint density at radius 2 is 1.84 bits per heavy atom.